The second kappa shape index (κ2) is 7.55. The summed E-state index contributed by atoms with van der Waals surface area (Å²) in [6.45, 7) is 4.14. The van der Waals surface area contributed by atoms with Gasteiger partial charge in [-0.25, -0.2) is 0 Å². The van der Waals surface area contributed by atoms with E-state index >= 15 is 0 Å². The third-order valence-corrected chi connectivity index (χ3v) is 1.32. The van der Waals surface area contributed by atoms with Gasteiger partial charge < -0.3 is 14.8 Å². The summed E-state index contributed by atoms with van der Waals surface area (Å²) in [6.07, 6.45) is 1.23. The third-order valence-electron chi connectivity index (χ3n) is 1.32. The summed E-state index contributed by atoms with van der Waals surface area (Å²) in [7, 11) is 3.14. The fourth-order valence-electron chi connectivity index (χ4n) is 0.869. The van der Waals surface area contributed by atoms with Crippen LogP contribution in [0.4, 0.5) is 0 Å². The molecule has 0 aromatic rings. The van der Waals surface area contributed by atoms with Crippen LogP contribution in [0.15, 0.2) is 18.4 Å². The Balaban J connectivity index is 3.92. The summed E-state index contributed by atoms with van der Waals surface area (Å²) in [5.41, 5.74) is 2.39. The first kappa shape index (κ1) is 11.9. The molecule has 1 amide bonds. The fourth-order valence-corrected chi connectivity index (χ4v) is 0.869. The van der Waals surface area contributed by atoms with Gasteiger partial charge in [-0.2, -0.15) is 0 Å². The van der Waals surface area contributed by atoms with Crippen molar-refractivity contribution < 1.29 is 14.3 Å². The van der Waals surface area contributed by atoms with E-state index in [0.29, 0.717) is 13.2 Å². The van der Waals surface area contributed by atoms with Crippen molar-refractivity contribution >= 4 is 5.91 Å². The molecule has 0 fully saturated rings. The van der Waals surface area contributed by atoms with Crippen LogP contribution < -0.4 is 5.32 Å². The van der Waals surface area contributed by atoms with Crippen LogP contribution in [-0.2, 0) is 14.3 Å². The van der Waals surface area contributed by atoms with Crippen LogP contribution in [0.5, 0.6) is 0 Å². The number of hydrogen-bond donors (Lipinski definition) is 1. The number of carbonyl (C=O) groups is 1. The topological polar surface area (TPSA) is 47.6 Å². The first-order valence-electron chi connectivity index (χ1n) is 3.88. The van der Waals surface area contributed by atoms with Crippen LogP contribution in [0, 0.1) is 0 Å². The second-order valence-corrected chi connectivity index (χ2v) is 2.46. The van der Waals surface area contributed by atoms with E-state index in [2.05, 4.69) is 17.6 Å². The summed E-state index contributed by atoms with van der Waals surface area (Å²) in [5, 5.41) is 2.67. The van der Waals surface area contributed by atoms with Crippen molar-refractivity contribution in [3.05, 3.63) is 18.4 Å². The Hall–Kier alpha value is -1.09. The predicted molar refractivity (Wildman–Crippen MR) is 49.4 cm³/mol. The van der Waals surface area contributed by atoms with E-state index in [4.69, 9.17) is 9.47 Å². The molecule has 0 radical (unpaired) electrons. The van der Waals surface area contributed by atoms with E-state index in [1.807, 2.05) is 0 Å². The summed E-state index contributed by atoms with van der Waals surface area (Å²) in [4.78, 5) is 11.0. The van der Waals surface area contributed by atoms with Gasteiger partial charge in [0.1, 0.15) is 0 Å². The minimum Gasteiger partial charge on any atom is -0.382 e. The van der Waals surface area contributed by atoms with Gasteiger partial charge in [0.05, 0.1) is 19.3 Å². The van der Waals surface area contributed by atoms with Crippen molar-refractivity contribution in [3.8, 4) is 0 Å². The Morgan fingerprint density at radius 1 is 1.54 bits per heavy atom. The van der Waals surface area contributed by atoms with Crippen molar-refractivity contribution in [2.75, 3.05) is 27.4 Å². The van der Waals surface area contributed by atoms with E-state index in [1.165, 1.54) is 6.08 Å². The highest BCUT2D eigenvalue weighted by Gasteiger charge is 2.09. The van der Waals surface area contributed by atoms with Crippen LogP contribution in [0.2, 0.25) is 0 Å². The normalized spacial score (nSPS) is 9.46. The Bertz CT molecular complexity index is 191. The molecule has 0 saturated heterocycles. The van der Waals surface area contributed by atoms with Gasteiger partial charge in [-0.1, -0.05) is 6.58 Å². The van der Waals surface area contributed by atoms with Gasteiger partial charge in [-0.15, -0.1) is 5.73 Å². The molecular formula is C9H15NO3. The molecule has 0 spiro atoms. The average molecular weight is 185 g/mol. The van der Waals surface area contributed by atoms with E-state index in [9.17, 15) is 4.79 Å². The molecule has 4 nitrogen and oxygen atoms in total. The Morgan fingerprint density at radius 2 is 2.08 bits per heavy atom. The zero-order chi connectivity index (χ0) is 10.1. The summed E-state index contributed by atoms with van der Waals surface area (Å²) in [5.74, 6) is -0.242. The van der Waals surface area contributed by atoms with Crippen molar-refractivity contribution in [1.82, 2.24) is 5.32 Å². The number of rotatable bonds is 6. The maximum atomic E-state index is 11.0. The summed E-state index contributed by atoms with van der Waals surface area (Å²) in [6, 6.07) is -0.132. The van der Waals surface area contributed by atoms with Gasteiger partial charge in [0.25, 0.3) is 5.91 Å². The Labute approximate surface area is 78.2 Å². The standard InChI is InChI=1S/C9H15NO3/c1-4-5-9(11)10-8(6-12-2)7-13-3/h5,8H,1,6-7H2,2-3H3,(H,10,11). The fraction of sp³-hybridized carbons (Fsp3) is 0.556. The zero-order valence-corrected chi connectivity index (χ0v) is 8.00. The van der Waals surface area contributed by atoms with Gasteiger partial charge in [0.2, 0.25) is 0 Å². The van der Waals surface area contributed by atoms with E-state index in [0.717, 1.165) is 0 Å². The zero-order valence-electron chi connectivity index (χ0n) is 8.00. The lowest BCUT2D eigenvalue weighted by molar-refractivity contribution is -0.118. The third kappa shape index (κ3) is 6.11. The number of carbonyl (C=O) groups excluding carboxylic acids is 1. The van der Waals surface area contributed by atoms with Gasteiger partial charge in [-0.05, 0) is 0 Å². The van der Waals surface area contributed by atoms with Gasteiger partial charge in [0.15, 0.2) is 0 Å². The minimum absolute atomic E-state index is 0.132. The van der Waals surface area contributed by atoms with Crippen LogP contribution in [0.25, 0.3) is 0 Å². The highest BCUT2D eigenvalue weighted by molar-refractivity contribution is 5.87. The lowest BCUT2D eigenvalue weighted by Crippen LogP contribution is -2.40. The van der Waals surface area contributed by atoms with E-state index in [1.54, 1.807) is 14.2 Å². The molecular weight excluding hydrogens is 170 g/mol. The molecule has 0 unspecified atom stereocenters. The predicted octanol–water partition coefficient (Wildman–Crippen LogP) is 0.105. The van der Waals surface area contributed by atoms with Crippen LogP contribution in [-0.4, -0.2) is 39.4 Å². The minimum atomic E-state index is -0.242. The first-order chi connectivity index (χ1) is 6.24. The number of ether oxygens (including phenoxy) is 2. The molecule has 13 heavy (non-hydrogen) atoms. The van der Waals surface area contributed by atoms with Gasteiger partial charge in [0, 0.05) is 20.3 Å². The summed E-state index contributed by atoms with van der Waals surface area (Å²) >= 11 is 0. The molecule has 0 aliphatic rings. The van der Waals surface area contributed by atoms with E-state index in [-0.39, 0.29) is 11.9 Å². The molecule has 0 atom stereocenters. The molecule has 0 rings (SSSR count). The molecule has 0 aromatic carbocycles. The van der Waals surface area contributed by atoms with Gasteiger partial charge in [-0.3, -0.25) is 4.79 Å². The Kier molecular flexibility index (Phi) is 6.92. The lowest BCUT2D eigenvalue weighted by Gasteiger charge is -2.15. The van der Waals surface area contributed by atoms with Crippen molar-refractivity contribution in [1.29, 1.82) is 0 Å². The molecule has 0 aliphatic carbocycles. The number of hydrogen-bond acceptors (Lipinski definition) is 3. The SMILES string of the molecule is C=C=CC(=O)NC(COC)COC. The highest BCUT2D eigenvalue weighted by Crippen LogP contribution is 1.86. The van der Waals surface area contributed by atoms with Crippen molar-refractivity contribution in [2.24, 2.45) is 0 Å². The average Bonchev–Trinajstić information content (AvgIpc) is 2.05. The first-order valence-corrected chi connectivity index (χ1v) is 3.88. The van der Waals surface area contributed by atoms with Crippen LogP contribution in [0.3, 0.4) is 0 Å². The van der Waals surface area contributed by atoms with E-state index < -0.39 is 0 Å². The van der Waals surface area contributed by atoms with Crippen molar-refractivity contribution in [2.45, 2.75) is 6.04 Å². The number of amides is 1. The molecule has 4 heteroatoms. The molecule has 0 saturated carbocycles. The lowest BCUT2D eigenvalue weighted by atomic mass is 10.3. The van der Waals surface area contributed by atoms with Crippen molar-refractivity contribution in [3.63, 3.8) is 0 Å². The maximum Gasteiger partial charge on any atom is 0.252 e. The smallest absolute Gasteiger partial charge is 0.252 e. The number of methoxy groups -OCH3 is 2. The molecule has 0 heterocycles. The maximum absolute atomic E-state index is 11.0. The molecule has 1 N–H and O–H groups in total. The summed E-state index contributed by atoms with van der Waals surface area (Å²) < 4.78 is 9.78. The largest absolute Gasteiger partial charge is 0.382 e. The quantitative estimate of drug-likeness (QED) is 0.472. The van der Waals surface area contributed by atoms with Crippen LogP contribution in [0.1, 0.15) is 0 Å². The van der Waals surface area contributed by atoms with Gasteiger partial charge >= 0.3 is 0 Å². The molecule has 0 bridgehead atoms. The monoisotopic (exact) mass is 185 g/mol. The molecule has 0 aliphatic heterocycles. The second-order valence-electron chi connectivity index (χ2n) is 2.46. The molecule has 0 aromatic heterocycles. The van der Waals surface area contributed by atoms with Crippen LogP contribution >= 0.6 is 0 Å². The molecule has 74 valence electrons. The highest BCUT2D eigenvalue weighted by atomic mass is 16.5. The Morgan fingerprint density at radius 3 is 2.46 bits per heavy atom. The number of nitrogens with one attached hydrogen (secondary N) is 1.